The molecule has 27 heavy (non-hydrogen) atoms. The van der Waals surface area contributed by atoms with Crippen molar-refractivity contribution in [2.45, 2.75) is 59.8 Å². The van der Waals surface area contributed by atoms with E-state index in [0.717, 1.165) is 43.5 Å². The van der Waals surface area contributed by atoms with E-state index in [1.807, 2.05) is 0 Å². The molecule has 0 atom stereocenters. The first kappa shape index (κ1) is 21.3. The van der Waals surface area contributed by atoms with Gasteiger partial charge in [-0.3, -0.25) is 0 Å². The van der Waals surface area contributed by atoms with Crippen LogP contribution in [0.15, 0.2) is 34.3 Å². The number of aliphatic imine (C=N–C) groups is 2. The van der Waals surface area contributed by atoms with E-state index in [4.69, 9.17) is 24.4 Å². The monoisotopic (exact) mass is 394 g/mol. The highest BCUT2D eigenvalue weighted by Crippen LogP contribution is 2.31. The summed E-state index contributed by atoms with van der Waals surface area (Å²) in [5, 5.41) is 5.07. The molecule has 0 amide bonds. The Labute approximate surface area is 173 Å². The number of rotatable bonds is 8. The molecular formula is C23H26N2S2. The van der Waals surface area contributed by atoms with Crippen LogP contribution < -0.4 is 0 Å². The molecule has 140 valence electrons. The zero-order chi connectivity index (χ0) is 19.8. The predicted octanol–water partition coefficient (Wildman–Crippen LogP) is 7.00. The van der Waals surface area contributed by atoms with Gasteiger partial charge in [0.1, 0.15) is 0 Å². The van der Waals surface area contributed by atoms with Crippen LogP contribution in [0.25, 0.3) is 0 Å². The van der Waals surface area contributed by atoms with Crippen molar-refractivity contribution in [1.29, 1.82) is 0 Å². The van der Waals surface area contributed by atoms with Gasteiger partial charge in [-0.15, -0.1) is 0 Å². The molecule has 0 aliphatic heterocycles. The minimum Gasteiger partial charge on any atom is -0.194 e. The molecule has 0 aliphatic carbocycles. The van der Waals surface area contributed by atoms with Crippen LogP contribution >= 0.6 is 24.4 Å². The van der Waals surface area contributed by atoms with E-state index in [9.17, 15) is 0 Å². The quantitative estimate of drug-likeness (QED) is 0.356. The van der Waals surface area contributed by atoms with Crippen molar-refractivity contribution < 1.29 is 0 Å². The first-order valence-electron chi connectivity index (χ1n) is 9.56. The third-order valence-electron chi connectivity index (χ3n) is 4.90. The molecule has 2 aromatic carbocycles. The third kappa shape index (κ3) is 5.06. The summed E-state index contributed by atoms with van der Waals surface area (Å²) in [6, 6.07) is 9.02. The molecule has 2 rings (SSSR count). The van der Waals surface area contributed by atoms with E-state index >= 15 is 0 Å². The van der Waals surface area contributed by atoms with Gasteiger partial charge in [-0.1, -0.05) is 52.0 Å². The van der Waals surface area contributed by atoms with Gasteiger partial charge in [-0.05, 0) is 89.9 Å². The van der Waals surface area contributed by atoms with Gasteiger partial charge in [0, 0.05) is 0 Å². The molecule has 0 bridgehead atoms. The van der Waals surface area contributed by atoms with Crippen LogP contribution in [0.5, 0.6) is 0 Å². The highest BCUT2D eigenvalue weighted by Gasteiger charge is 2.12. The maximum atomic E-state index is 4.84. The fourth-order valence-corrected chi connectivity index (χ4v) is 3.74. The Morgan fingerprint density at radius 3 is 1.15 bits per heavy atom. The second-order valence-corrected chi connectivity index (χ2v) is 6.89. The van der Waals surface area contributed by atoms with E-state index in [1.54, 1.807) is 0 Å². The number of nitrogens with zero attached hydrogens (tertiary/aromatic N) is 2. The van der Waals surface area contributed by atoms with E-state index in [2.05, 4.69) is 72.3 Å². The van der Waals surface area contributed by atoms with Crippen molar-refractivity contribution in [3.05, 3.63) is 57.6 Å². The van der Waals surface area contributed by atoms with Crippen LogP contribution in [0, 0.1) is 0 Å². The molecule has 4 heteroatoms. The van der Waals surface area contributed by atoms with Gasteiger partial charge < -0.3 is 0 Å². The second-order valence-electron chi connectivity index (χ2n) is 6.52. The molecule has 0 aromatic heterocycles. The fourth-order valence-electron chi connectivity index (χ4n) is 3.56. The lowest BCUT2D eigenvalue weighted by atomic mass is 9.93. The fraction of sp³-hybridized carbons (Fsp3) is 0.391. The minimum atomic E-state index is 0.892. The van der Waals surface area contributed by atoms with Crippen LogP contribution in [0.2, 0.25) is 0 Å². The largest absolute Gasteiger partial charge is 0.194 e. The average molecular weight is 395 g/mol. The lowest BCUT2D eigenvalue weighted by Crippen LogP contribution is -1.98. The maximum Gasteiger partial charge on any atom is 0.0803 e. The lowest BCUT2D eigenvalue weighted by Gasteiger charge is -2.14. The van der Waals surface area contributed by atoms with Gasteiger partial charge in [0.2, 0.25) is 0 Å². The molecule has 0 fully saturated rings. The number of isothiocyanates is 2. The van der Waals surface area contributed by atoms with E-state index in [0.29, 0.717) is 0 Å². The molecule has 0 saturated heterocycles. The van der Waals surface area contributed by atoms with Gasteiger partial charge in [-0.25, -0.2) is 0 Å². The zero-order valence-corrected chi connectivity index (χ0v) is 18.2. The number of hydrogen-bond donors (Lipinski definition) is 0. The lowest BCUT2D eigenvalue weighted by molar-refractivity contribution is 1.03. The number of benzene rings is 2. The van der Waals surface area contributed by atoms with E-state index in [1.165, 1.54) is 33.4 Å². The van der Waals surface area contributed by atoms with Crippen LogP contribution in [0.4, 0.5) is 11.4 Å². The molecule has 0 N–H and O–H groups in total. The molecule has 2 aromatic rings. The summed E-state index contributed by atoms with van der Waals surface area (Å²) in [6.07, 6.45) is 4.61. The normalized spacial score (nSPS) is 10.2. The Kier molecular flexibility index (Phi) is 8.22. The van der Waals surface area contributed by atoms with Gasteiger partial charge in [0.05, 0.1) is 21.7 Å². The Balaban J connectivity index is 2.53. The molecule has 0 aliphatic rings. The van der Waals surface area contributed by atoms with E-state index < -0.39 is 0 Å². The highest BCUT2D eigenvalue weighted by molar-refractivity contribution is 7.78. The summed E-state index contributed by atoms with van der Waals surface area (Å²) in [5.41, 5.74) is 9.53. The van der Waals surface area contributed by atoms with Crippen LogP contribution in [0.1, 0.15) is 61.1 Å². The molecular weight excluding hydrogens is 368 g/mol. The number of hydrogen-bond acceptors (Lipinski definition) is 4. The molecule has 0 spiro atoms. The molecule has 0 unspecified atom stereocenters. The molecule has 0 saturated carbocycles. The SMILES string of the molecule is CCc1cc(Cc2cc(CC)c(N=C=S)c(CC)c2)cc(CC)c1N=C=S. The Morgan fingerprint density at radius 1 is 0.630 bits per heavy atom. The number of thiocarbonyl (C=S) groups is 2. The van der Waals surface area contributed by atoms with Crippen molar-refractivity contribution in [2.75, 3.05) is 0 Å². The minimum absolute atomic E-state index is 0.892. The Morgan fingerprint density at radius 2 is 0.926 bits per heavy atom. The predicted molar refractivity (Wildman–Crippen MR) is 123 cm³/mol. The van der Waals surface area contributed by atoms with Crippen LogP contribution in [-0.4, -0.2) is 10.3 Å². The standard InChI is InChI=1S/C23H26N2S2/c1-5-18-10-16(11-19(6-2)22(18)24-14-26)9-17-12-20(7-3)23(25-15-27)21(8-4)13-17/h10-13H,5-9H2,1-4H3. The summed E-state index contributed by atoms with van der Waals surface area (Å²) in [4.78, 5) is 8.64. The van der Waals surface area contributed by atoms with Crippen molar-refractivity contribution in [2.24, 2.45) is 9.98 Å². The highest BCUT2D eigenvalue weighted by atomic mass is 32.1. The Bertz CT molecular complexity index is 792. The summed E-state index contributed by atoms with van der Waals surface area (Å²) in [6.45, 7) is 8.62. The first-order valence-corrected chi connectivity index (χ1v) is 10.4. The van der Waals surface area contributed by atoms with Crippen molar-refractivity contribution in [3.63, 3.8) is 0 Å². The molecule has 0 heterocycles. The van der Waals surface area contributed by atoms with Crippen molar-refractivity contribution in [3.8, 4) is 0 Å². The maximum absolute atomic E-state index is 4.84. The third-order valence-corrected chi connectivity index (χ3v) is 5.08. The summed E-state index contributed by atoms with van der Waals surface area (Å²) in [7, 11) is 0. The Hall–Kier alpha value is -1.96. The van der Waals surface area contributed by atoms with Crippen LogP contribution in [0.3, 0.4) is 0 Å². The molecule has 2 nitrogen and oxygen atoms in total. The summed E-state index contributed by atoms with van der Waals surface area (Å²) in [5.74, 6) is 0. The molecule has 0 radical (unpaired) electrons. The topological polar surface area (TPSA) is 24.7 Å². The number of aryl methyl sites for hydroxylation is 4. The summed E-state index contributed by atoms with van der Waals surface area (Å²) >= 11 is 9.68. The van der Waals surface area contributed by atoms with E-state index in [-0.39, 0.29) is 0 Å². The van der Waals surface area contributed by atoms with Gasteiger partial charge in [-0.2, -0.15) is 9.98 Å². The van der Waals surface area contributed by atoms with Crippen molar-refractivity contribution in [1.82, 2.24) is 0 Å². The average Bonchev–Trinajstić information content (AvgIpc) is 2.69. The van der Waals surface area contributed by atoms with Gasteiger partial charge in [0.25, 0.3) is 0 Å². The summed E-state index contributed by atoms with van der Waals surface area (Å²) < 4.78 is 0. The van der Waals surface area contributed by atoms with Gasteiger partial charge in [0.15, 0.2) is 0 Å². The zero-order valence-electron chi connectivity index (χ0n) is 16.6. The van der Waals surface area contributed by atoms with Gasteiger partial charge >= 0.3 is 0 Å². The second kappa shape index (κ2) is 10.4. The smallest absolute Gasteiger partial charge is 0.0803 e. The first-order chi connectivity index (χ1) is 13.1. The van der Waals surface area contributed by atoms with Crippen LogP contribution in [-0.2, 0) is 32.1 Å². The van der Waals surface area contributed by atoms with Crippen molar-refractivity contribution >= 4 is 46.1 Å².